The molecule has 0 heterocycles. The van der Waals surface area contributed by atoms with Gasteiger partial charge in [0, 0.05) is 25.7 Å². The van der Waals surface area contributed by atoms with Crippen molar-refractivity contribution >= 4 is 0 Å². The fourth-order valence-corrected chi connectivity index (χ4v) is 1.91. The molecule has 0 amide bonds. The van der Waals surface area contributed by atoms with Gasteiger partial charge in [-0.1, -0.05) is 51.1 Å². The third kappa shape index (κ3) is 5.48. The average Bonchev–Trinajstić information content (AvgIpc) is 2.36. The van der Waals surface area contributed by atoms with Gasteiger partial charge < -0.3 is 5.32 Å². The fraction of sp³-hybridized carbons (Fsp3) is 0.500. The molecule has 0 aliphatic rings. The van der Waals surface area contributed by atoms with E-state index in [-0.39, 0.29) is 0 Å². The lowest BCUT2D eigenvalue weighted by Crippen LogP contribution is -2.23. The number of hydrogen-bond donors (Lipinski definition) is 1. The molecule has 18 heavy (non-hydrogen) atoms. The molecule has 1 aromatic carbocycles. The Morgan fingerprint density at radius 3 is 2.67 bits per heavy atom. The molecule has 0 atom stereocenters. The van der Waals surface area contributed by atoms with Gasteiger partial charge in [0.15, 0.2) is 0 Å². The minimum absolute atomic E-state index is 0.529. The first kappa shape index (κ1) is 14.9. The Kier molecular flexibility index (Phi) is 6.69. The van der Waals surface area contributed by atoms with Crippen LogP contribution in [0.3, 0.4) is 0 Å². The van der Waals surface area contributed by atoms with Crippen molar-refractivity contribution in [2.75, 3.05) is 13.1 Å². The van der Waals surface area contributed by atoms with E-state index in [1.807, 2.05) is 6.08 Å². The minimum Gasteiger partial charge on any atom is -0.310 e. The molecular formula is C16H26N2. The maximum atomic E-state index is 3.80. The number of likely N-dealkylation sites (N-methyl/N-ethyl adjacent to an activating group) is 1. The van der Waals surface area contributed by atoms with Gasteiger partial charge in [-0.3, -0.25) is 4.90 Å². The number of hydrogen-bond acceptors (Lipinski definition) is 2. The van der Waals surface area contributed by atoms with Gasteiger partial charge in [0.1, 0.15) is 0 Å². The minimum atomic E-state index is 0.529. The van der Waals surface area contributed by atoms with E-state index in [1.54, 1.807) is 0 Å². The summed E-state index contributed by atoms with van der Waals surface area (Å²) in [5.41, 5.74) is 2.73. The number of rotatable bonds is 8. The standard InChI is InChI=1S/C16H26N2/c1-5-10-18(6-2)13-16-9-7-8-15(11-16)12-17-14(3)4/h5,7-9,11,14,17H,1,6,10,12-13H2,2-4H3. The van der Waals surface area contributed by atoms with Crippen LogP contribution in [-0.2, 0) is 13.1 Å². The molecule has 0 bridgehead atoms. The quantitative estimate of drug-likeness (QED) is 0.709. The van der Waals surface area contributed by atoms with Crippen LogP contribution in [0.15, 0.2) is 36.9 Å². The first-order valence-electron chi connectivity index (χ1n) is 6.80. The van der Waals surface area contributed by atoms with Crippen molar-refractivity contribution in [1.29, 1.82) is 0 Å². The third-order valence-electron chi connectivity index (χ3n) is 2.95. The highest BCUT2D eigenvalue weighted by molar-refractivity contribution is 5.23. The summed E-state index contributed by atoms with van der Waals surface area (Å²) in [6, 6.07) is 9.35. The zero-order valence-corrected chi connectivity index (χ0v) is 11.9. The lowest BCUT2D eigenvalue weighted by molar-refractivity contribution is 0.311. The van der Waals surface area contributed by atoms with Crippen molar-refractivity contribution in [2.24, 2.45) is 0 Å². The molecule has 2 heteroatoms. The van der Waals surface area contributed by atoms with Crippen molar-refractivity contribution in [2.45, 2.75) is 39.9 Å². The topological polar surface area (TPSA) is 15.3 Å². The average molecular weight is 246 g/mol. The SMILES string of the molecule is C=CCN(CC)Cc1cccc(CNC(C)C)c1. The van der Waals surface area contributed by atoms with E-state index in [4.69, 9.17) is 0 Å². The molecule has 0 saturated carbocycles. The van der Waals surface area contributed by atoms with Crippen LogP contribution in [0.4, 0.5) is 0 Å². The van der Waals surface area contributed by atoms with E-state index in [0.29, 0.717) is 6.04 Å². The van der Waals surface area contributed by atoms with Gasteiger partial charge in [-0.15, -0.1) is 6.58 Å². The second kappa shape index (κ2) is 8.06. The van der Waals surface area contributed by atoms with Crippen LogP contribution >= 0.6 is 0 Å². The Morgan fingerprint density at radius 1 is 1.33 bits per heavy atom. The molecule has 1 rings (SSSR count). The molecule has 0 radical (unpaired) electrons. The Morgan fingerprint density at radius 2 is 2.06 bits per heavy atom. The zero-order valence-electron chi connectivity index (χ0n) is 11.9. The third-order valence-corrected chi connectivity index (χ3v) is 2.95. The largest absolute Gasteiger partial charge is 0.310 e. The fourth-order valence-electron chi connectivity index (χ4n) is 1.91. The molecule has 0 fully saturated rings. The van der Waals surface area contributed by atoms with Crippen LogP contribution in [0.5, 0.6) is 0 Å². The second-order valence-electron chi connectivity index (χ2n) is 4.97. The lowest BCUT2D eigenvalue weighted by Gasteiger charge is -2.19. The van der Waals surface area contributed by atoms with Crippen LogP contribution in [0, 0.1) is 0 Å². The summed E-state index contributed by atoms with van der Waals surface area (Å²) in [5, 5.41) is 3.45. The molecule has 0 aliphatic heterocycles. The molecule has 100 valence electrons. The van der Waals surface area contributed by atoms with Crippen LogP contribution in [0.1, 0.15) is 31.9 Å². The van der Waals surface area contributed by atoms with Crippen molar-refractivity contribution in [3.63, 3.8) is 0 Å². The summed E-state index contributed by atoms with van der Waals surface area (Å²) in [7, 11) is 0. The van der Waals surface area contributed by atoms with Crippen LogP contribution in [-0.4, -0.2) is 24.0 Å². The molecule has 2 nitrogen and oxygen atoms in total. The summed E-state index contributed by atoms with van der Waals surface area (Å²) >= 11 is 0. The van der Waals surface area contributed by atoms with Gasteiger partial charge >= 0.3 is 0 Å². The second-order valence-corrected chi connectivity index (χ2v) is 4.97. The number of nitrogens with one attached hydrogen (secondary N) is 1. The Hall–Kier alpha value is -1.12. The Balaban J connectivity index is 2.60. The maximum Gasteiger partial charge on any atom is 0.0237 e. The molecule has 0 aromatic heterocycles. The first-order valence-corrected chi connectivity index (χ1v) is 6.80. The van der Waals surface area contributed by atoms with Crippen molar-refractivity contribution < 1.29 is 0 Å². The highest BCUT2D eigenvalue weighted by Gasteiger charge is 2.03. The van der Waals surface area contributed by atoms with E-state index >= 15 is 0 Å². The summed E-state index contributed by atoms with van der Waals surface area (Å²) in [6.45, 7) is 14.3. The van der Waals surface area contributed by atoms with E-state index in [1.165, 1.54) is 11.1 Å². The van der Waals surface area contributed by atoms with E-state index in [0.717, 1.165) is 26.2 Å². The molecular weight excluding hydrogens is 220 g/mol. The van der Waals surface area contributed by atoms with Gasteiger partial charge in [-0.25, -0.2) is 0 Å². The van der Waals surface area contributed by atoms with Gasteiger partial charge in [0.2, 0.25) is 0 Å². The van der Waals surface area contributed by atoms with Crippen molar-refractivity contribution in [3.05, 3.63) is 48.0 Å². The van der Waals surface area contributed by atoms with Crippen LogP contribution in [0.25, 0.3) is 0 Å². The van der Waals surface area contributed by atoms with E-state index < -0.39 is 0 Å². The normalized spacial score (nSPS) is 11.2. The number of nitrogens with zero attached hydrogens (tertiary/aromatic N) is 1. The van der Waals surface area contributed by atoms with Gasteiger partial charge in [0.25, 0.3) is 0 Å². The van der Waals surface area contributed by atoms with Gasteiger partial charge in [0.05, 0.1) is 0 Å². The first-order chi connectivity index (χ1) is 8.65. The predicted octanol–water partition coefficient (Wildman–Crippen LogP) is 3.19. The van der Waals surface area contributed by atoms with Crippen molar-refractivity contribution in [3.8, 4) is 0 Å². The van der Waals surface area contributed by atoms with Crippen molar-refractivity contribution in [1.82, 2.24) is 10.2 Å². The summed E-state index contributed by atoms with van der Waals surface area (Å²) in [6.07, 6.45) is 1.97. The summed E-state index contributed by atoms with van der Waals surface area (Å²) in [4.78, 5) is 2.38. The zero-order chi connectivity index (χ0) is 13.4. The molecule has 1 aromatic rings. The molecule has 1 N–H and O–H groups in total. The lowest BCUT2D eigenvalue weighted by atomic mass is 10.1. The monoisotopic (exact) mass is 246 g/mol. The Bertz CT molecular complexity index is 358. The molecule has 0 saturated heterocycles. The predicted molar refractivity (Wildman–Crippen MR) is 79.6 cm³/mol. The Labute approximate surface area is 112 Å². The summed E-state index contributed by atoms with van der Waals surface area (Å²) < 4.78 is 0. The molecule has 0 aliphatic carbocycles. The van der Waals surface area contributed by atoms with Crippen LogP contribution < -0.4 is 5.32 Å². The van der Waals surface area contributed by atoms with Gasteiger partial charge in [-0.05, 0) is 17.7 Å². The molecule has 0 spiro atoms. The maximum absolute atomic E-state index is 3.80. The van der Waals surface area contributed by atoms with Crippen LogP contribution in [0.2, 0.25) is 0 Å². The summed E-state index contributed by atoms with van der Waals surface area (Å²) in [5.74, 6) is 0. The highest BCUT2D eigenvalue weighted by atomic mass is 15.1. The van der Waals surface area contributed by atoms with E-state index in [9.17, 15) is 0 Å². The molecule has 0 unspecified atom stereocenters. The van der Waals surface area contributed by atoms with E-state index in [2.05, 4.69) is 61.8 Å². The highest BCUT2D eigenvalue weighted by Crippen LogP contribution is 2.08. The smallest absolute Gasteiger partial charge is 0.0237 e. The van der Waals surface area contributed by atoms with Gasteiger partial charge in [-0.2, -0.15) is 0 Å². The number of benzene rings is 1.